The molecule has 4 nitrogen and oxygen atoms in total. The number of hydrogen-bond acceptors (Lipinski definition) is 3. The van der Waals surface area contributed by atoms with Crippen LogP contribution in [0.15, 0.2) is 23.1 Å². The van der Waals surface area contributed by atoms with Crippen molar-refractivity contribution in [2.75, 3.05) is 19.0 Å². The molecule has 0 saturated heterocycles. The van der Waals surface area contributed by atoms with E-state index in [0.717, 1.165) is 5.39 Å². The minimum absolute atomic E-state index is 0.152. The molecule has 0 spiro atoms. The fraction of sp³-hybridized carbons (Fsp3) is 0.200. The average molecular weight is 224 g/mol. The number of halogens is 1. The molecule has 0 aromatic carbocycles. The second-order valence-electron chi connectivity index (χ2n) is 3.43. The Morgan fingerprint density at radius 3 is 2.87 bits per heavy atom. The highest BCUT2D eigenvalue weighted by atomic mass is 35.5. The van der Waals surface area contributed by atoms with Gasteiger partial charge in [0, 0.05) is 20.3 Å². The summed E-state index contributed by atoms with van der Waals surface area (Å²) in [4.78, 5) is 20.2. The number of nitrogens with one attached hydrogen (secondary N) is 1. The number of pyridine rings is 2. The minimum atomic E-state index is -0.152. The maximum atomic E-state index is 11.6. The van der Waals surface area contributed by atoms with Crippen molar-refractivity contribution < 1.29 is 0 Å². The Morgan fingerprint density at radius 1 is 1.47 bits per heavy atom. The van der Waals surface area contributed by atoms with Crippen LogP contribution in [0.4, 0.5) is 5.82 Å². The maximum Gasteiger partial charge on any atom is 0.259 e. The highest BCUT2D eigenvalue weighted by Crippen LogP contribution is 2.22. The third-order valence-corrected chi connectivity index (χ3v) is 2.32. The third kappa shape index (κ3) is 1.68. The predicted molar refractivity (Wildman–Crippen MR) is 61.7 cm³/mol. The summed E-state index contributed by atoms with van der Waals surface area (Å²) in [6, 6.07) is 3.48. The van der Waals surface area contributed by atoms with Gasteiger partial charge in [0.15, 0.2) is 0 Å². The van der Waals surface area contributed by atoms with Gasteiger partial charge in [0.1, 0.15) is 11.0 Å². The van der Waals surface area contributed by atoms with Gasteiger partial charge in [-0.25, -0.2) is 4.98 Å². The molecule has 0 bridgehead atoms. The van der Waals surface area contributed by atoms with E-state index in [0.29, 0.717) is 16.4 Å². The average Bonchev–Trinajstić information content (AvgIpc) is 2.16. The lowest BCUT2D eigenvalue weighted by Crippen LogP contribution is -2.16. The van der Waals surface area contributed by atoms with Crippen molar-refractivity contribution in [3.8, 4) is 0 Å². The quantitative estimate of drug-likeness (QED) is 0.748. The van der Waals surface area contributed by atoms with E-state index in [1.807, 2.05) is 14.1 Å². The Labute approximate surface area is 91.5 Å². The Hall–Kier alpha value is -1.55. The van der Waals surface area contributed by atoms with E-state index in [4.69, 9.17) is 11.6 Å². The minimum Gasteiger partial charge on any atom is -0.362 e. The summed E-state index contributed by atoms with van der Waals surface area (Å²) in [5.41, 5.74) is -0.152. The van der Waals surface area contributed by atoms with Crippen LogP contribution in [0.1, 0.15) is 0 Å². The van der Waals surface area contributed by atoms with E-state index in [-0.39, 0.29) is 5.56 Å². The van der Waals surface area contributed by atoms with Crippen molar-refractivity contribution in [2.45, 2.75) is 0 Å². The Balaban J connectivity index is 2.94. The number of aromatic nitrogens is 2. The van der Waals surface area contributed by atoms with Crippen LogP contribution in [-0.4, -0.2) is 24.1 Å². The lowest BCUT2D eigenvalue weighted by atomic mass is 10.2. The molecule has 0 aliphatic heterocycles. The normalized spacial score (nSPS) is 10.6. The van der Waals surface area contributed by atoms with Gasteiger partial charge in [-0.05, 0) is 17.5 Å². The summed E-state index contributed by atoms with van der Waals surface area (Å²) in [5.74, 6) is 0.583. The van der Waals surface area contributed by atoms with E-state index in [1.165, 1.54) is 0 Å². The first kappa shape index (κ1) is 9.98. The smallest absolute Gasteiger partial charge is 0.259 e. The third-order valence-electron chi connectivity index (χ3n) is 2.13. The zero-order valence-electron chi connectivity index (χ0n) is 8.41. The molecule has 2 aromatic rings. The highest BCUT2D eigenvalue weighted by molar-refractivity contribution is 6.30. The highest BCUT2D eigenvalue weighted by Gasteiger charge is 2.09. The zero-order chi connectivity index (χ0) is 11.0. The Kier molecular flexibility index (Phi) is 2.36. The van der Waals surface area contributed by atoms with Crippen molar-refractivity contribution in [1.82, 2.24) is 9.97 Å². The summed E-state index contributed by atoms with van der Waals surface area (Å²) in [7, 11) is 3.65. The summed E-state index contributed by atoms with van der Waals surface area (Å²) in [5, 5.41) is 1.74. The van der Waals surface area contributed by atoms with Crippen molar-refractivity contribution >= 4 is 28.2 Å². The molecule has 5 heteroatoms. The van der Waals surface area contributed by atoms with Gasteiger partial charge in [0.05, 0.1) is 5.39 Å². The lowest BCUT2D eigenvalue weighted by Gasteiger charge is -2.13. The molecule has 0 aliphatic carbocycles. The van der Waals surface area contributed by atoms with Crippen LogP contribution in [0.5, 0.6) is 0 Å². The first-order valence-corrected chi connectivity index (χ1v) is 4.82. The van der Waals surface area contributed by atoms with E-state index in [2.05, 4.69) is 9.97 Å². The number of nitrogens with zero attached hydrogens (tertiary/aromatic N) is 2. The first-order chi connectivity index (χ1) is 7.09. The number of aromatic amines is 1. The number of fused-ring (bicyclic) bond motifs is 1. The van der Waals surface area contributed by atoms with E-state index in [9.17, 15) is 4.79 Å². The van der Waals surface area contributed by atoms with Crippen LogP contribution < -0.4 is 10.5 Å². The van der Waals surface area contributed by atoms with Crippen LogP contribution in [0.25, 0.3) is 10.8 Å². The van der Waals surface area contributed by atoms with Gasteiger partial charge in [-0.3, -0.25) is 4.79 Å². The molecule has 78 valence electrons. The molecule has 0 aliphatic rings. The molecule has 0 radical (unpaired) electrons. The van der Waals surface area contributed by atoms with Crippen LogP contribution in [-0.2, 0) is 0 Å². The van der Waals surface area contributed by atoms with Crippen molar-refractivity contribution in [1.29, 1.82) is 0 Å². The van der Waals surface area contributed by atoms with Crippen LogP contribution >= 0.6 is 11.6 Å². The summed E-state index contributed by atoms with van der Waals surface area (Å²) in [6.45, 7) is 0. The fourth-order valence-corrected chi connectivity index (χ4v) is 1.68. The Morgan fingerprint density at radius 2 is 2.20 bits per heavy atom. The molecule has 1 N–H and O–H groups in total. The van der Waals surface area contributed by atoms with E-state index >= 15 is 0 Å². The maximum absolute atomic E-state index is 11.6. The predicted octanol–water partition coefficient (Wildman–Crippen LogP) is 1.64. The second-order valence-corrected chi connectivity index (χ2v) is 3.82. The molecule has 0 unspecified atom stereocenters. The molecule has 2 rings (SSSR count). The van der Waals surface area contributed by atoms with Gasteiger partial charge in [0.25, 0.3) is 5.56 Å². The number of H-pyrrole nitrogens is 1. The number of hydrogen-bond donors (Lipinski definition) is 1. The van der Waals surface area contributed by atoms with Crippen LogP contribution in [0.2, 0.25) is 5.15 Å². The topological polar surface area (TPSA) is 49.0 Å². The standard InChI is InChI=1S/C10H10ClN3O/c1-14(2)9-8-6(5-7(11)13-9)3-4-12-10(8)15/h3-5H,1-2H3,(H,12,15). The molecule has 0 saturated carbocycles. The Bertz CT molecular complexity index is 562. The molecular weight excluding hydrogens is 214 g/mol. The first-order valence-electron chi connectivity index (χ1n) is 4.45. The van der Waals surface area contributed by atoms with Gasteiger partial charge in [-0.1, -0.05) is 11.6 Å². The zero-order valence-corrected chi connectivity index (χ0v) is 9.17. The molecular formula is C10H10ClN3O. The lowest BCUT2D eigenvalue weighted by molar-refractivity contribution is 1.08. The summed E-state index contributed by atoms with van der Waals surface area (Å²) in [6.07, 6.45) is 1.60. The number of anilines is 1. The van der Waals surface area contributed by atoms with Crippen molar-refractivity contribution in [3.05, 3.63) is 33.8 Å². The SMILES string of the molecule is CN(C)c1nc(Cl)cc2cc[nH]c(=O)c12. The van der Waals surface area contributed by atoms with Crippen LogP contribution in [0.3, 0.4) is 0 Å². The monoisotopic (exact) mass is 223 g/mol. The van der Waals surface area contributed by atoms with Gasteiger partial charge >= 0.3 is 0 Å². The molecule has 0 amide bonds. The molecule has 0 atom stereocenters. The number of rotatable bonds is 1. The summed E-state index contributed by atoms with van der Waals surface area (Å²) < 4.78 is 0. The fourth-order valence-electron chi connectivity index (χ4n) is 1.49. The largest absolute Gasteiger partial charge is 0.362 e. The van der Waals surface area contributed by atoms with E-state index < -0.39 is 0 Å². The molecule has 15 heavy (non-hydrogen) atoms. The molecule has 2 aromatic heterocycles. The summed E-state index contributed by atoms with van der Waals surface area (Å²) >= 11 is 5.87. The molecule has 2 heterocycles. The second kappa shape index (κ2) is 3.55. The van der Waals surface area contributed by atoms with Crippen molar-refractivity contribution in [2.24, 2.45) is 0 Å². The van der Waals surface area contributed by atoms with Crippen molar-refractivity contribution in [3.63, 3.8) is 0 Å². The van der Waals surface area contributed by atoms with Crippen LogP contribution in [0, 0.1) is 0 Å². The van der Waals surface area contributed by atoms with Gasteiger partial charge in [0.2, 0.25) is 0 Å². The van der Waals surface area contributed by atoms with E-state index in [1.54, 1.807) is 23.2 Å². The van der Waals surface area contributed by atoms with Gasteiger partial charge < -0.3 is 9.88 Å². The van der Waals surface area contributed by atoms with Gasteiger partial charge in [-0.15, -0.1) is 0 Å². The van der Waals surface area contributed by atoms with Gasteiger partial charge in [-0.2, -0.15) is 0 Å². The molecule has 0 fully saturated rings.